The van der Waals surface area contributed by atoms with Crippen molar-refractivity contribution in [3.05, 3.63) is 65.7 Å². The molecule has 6 rings (SSSR count). The Morgan fingerprint density at radius 2 is 1.95 bits per heavy atom. The second-order valence-corrected chi connectivity index (χ2v) is 12.5. The summed E-state index contributed by atoms with van der Waals surface area (Å²) < 4.78 is 12.4. The highest BCUT2D eigenvalue weighted by molar-refractivity contribution is 5.96. The maximum atomic E-state index is 13.7. The fourth-order valence-electron chi connectivity index (χ4n) is 8.66. The van der Waals surface area contributed by atoms with Gasteiger partial charge in [-0.1, -0.05) is 36.4 Å². The molecular weight excluding hydrogens is 544 g/mol. The summed E-state index contributed by atoms with van der Waals surface area (Å²) in [6.07, 6.45) is 7.05. The van der Waals surface area contributed by atoms with Crippen molar-refractivity contribution in [2.24, 2.45) is 5.92 Å². The van der Waals surface area contributed by atoms with E-state index in [1.165, 1.54) is 13.0 Å². The summed E-state index contributed by atoms with van der Waals surface area (Å²) in [6.45, 7) is 9.56. The molecule has 2 aromatic rings. The van der Waals surface area contributed by atoms with Gasteiger partial charge in [-0.15, -0.1) is 6.58 Å². The summed E-state index contributed by atoms with van der Waals surface area (Å²) in [5.74, 6) is 0.961. The molecule has 2 aromatic carbocycles. The Morgan fingerprint density at radius 3 is 2.67 bits per heavy atom. The molecule has 1 amide bonds. The minimum atomic E-state index is -0.467. The van der Waals surface area contributed by atoms with Crippen molar-refractivity contribution in [1.29, 1.82) is 0 Å². The maximum Gasteiger partial charge on any atom is 0.308 e. The van der Waals surface area contributed by atoms with Crippen LogP contribution in [0.1, 0.15) is 80.3 Å². The number of phenolic OH excluding ortho intramolecular Hbond substituents is 1. The first-order valence-corrected chi connectivity index (χ1v) is 15.8. The number of hydrogen-bond donors (Lipinski definition) is 1. The highest BCUT2D eigenvalue weighted by Crippen LogP contribution is 2.65. The summed E-state index contributed by atoms with van der Waals surface area (Å²) >= 11 is 0. The lowest BCUT2D eigenvalue weighted by atomic mass is 9.50. The number of carbonyl (C=O) groups excluding carboxylic acids is 3. The number of rotatable bonds is 11. The first kappa shape index (κ1) is 29.4. The third-order valence-electron chi connectivity index (χ3n) is 10.3. The van der Waals surface area contributed by atoms with Crippen molar-refractivity contribution in [2.45, 2.75) is 88.8 Å². The van der Waals surface area contributed by atoms with Crippen LogP contribution in [-0.4, -0.2) is 70.4 Å². The number of nitrogens with zero attached hydrogens (tertiary/aromatic N) is 2. The van der Waals surface area contributed by atoms with Crippen LogP contribution in [0.25, 0.3) is 0 Å². The number of unbranched alkanes of at least 4 members (excludes halogenated alkanes) is 1. The molecule has 1 spiro atoms. The molecule has 1 saturated carbocycles. The maximum absolute atomic E-state index is 13.7. The normalized spacial score (nSPS) is 26.7. The monoisotopic (exact) mass is 586 g/mol. The molecule has 0 radical (unpaired) electrons. The van der Waals surface area contributed by atoms with Crippen LogP contribution < -0.4 is 9.47 Å². The van der Waals surface area contributed by atoms with E-state index in [0.717, 1.165) is 43.5 Å². The van der Waals surface area contributed by atoms with Gasteiger partial charge in [0.2, 0.25) is 5.91 Å². The Labute approximate surface area is 253 Å². The topological polar surface area (TPSA) is 96.4 Å². The standard InChI is InChI=1S/C35H42N2O6/c1-4-18-36-19-17-35-25-15-16-26(37(5-2)31(41)14-10-9-13-28(39)23-11-7-6-8-12-23)34(35)43-33-30(42-22(3)38)21-29(40)24(32(33)35)20-27(25)36/h4,6-8,11-12,21,25-27,34,40H,1,5,9-10,13-20H2,2-3H3/t25-,26+,27+,34-,35-/m0/s1. The Kier molecular flexibility index (Phi) is 8.07. The number of aromatic hydroxyl groups is 1. The van der Waals surface area contributed by atoms with E-state index in [1.54, 1.807) is 0 Å². The lowest BCUT2D eigenvalue weighted by molar-refractivity contribution is -0.142. The van der Waals surface area contributed by atoms with Crippen molar-refractivity contribution >= 4 is 17.7 Å². The van der Waals surface area contributed by atoms with Crippen LogP contribution in [0.15, 0.2) is 49.1 Å². The van der Waals surface area contributed by atoms with Gasteiger partial charge in [0, 0.05) is 67.1 Å². The molecule has 228 valence electrons. The van der Waals surface area contributed by atoms with E-state index >= 15 is 0 Å². The zero-order valence-electron chi connectivity index (χ0n) is 25.2. The minimum Gasteiger partial charge on any atom is -0.508 e. The number of Topliss-reactive ketones (excluding diaryl/α,β-unsaturated/α-hetero) is 1. The van der Waals surface area contributed by atoms with Crippen LogP contribution in [0.5, 0.6) is 17.2 Å². The van der Waals surface area contributed by atoms with Crippen LogP contribution in [0, 0.1) is 5.92 Å². The van der Waals surface area contributed by atoms with Crippen LogP contribution in [-0.2, 0) is 21.4 Å². The van der Waals surface area contributed by atoms with Crippen molar-refractivity contribution < 1.29 is 29.0 Å². The predicted octanol–water partition coefficient (Wildman–Crippen LogP) is 5.20. The molecule has 0 unspecified atom stereocenters. The van der Waals surface area contributed by atoms with Crippen molar-refractivity contribution in [2.75, 3.05) is 19.6 Å². The molecule has 8 heteroatoms. The van der Waals surface area contributed by atoms with E-state index in [2.05, 4.69) is 11.5 Å². The first-order valence-electron chi connectivity index (χ1n) is 15.8. The Hall–Kier alpha value is -3.65. The number of phenols is 1. The van der Waals surface area contributed by atoms with Crippen LogP contribution in [0.4, 0.5) is 0 Å². The second-order valence-electron chi connectivity index (χ2n) is 12.5. The second kappa shape index (κ2) is 11.8. The molecule has 2 aliphatic heterocycles. The van der Waals surface area contributed by atoms with Gasteiger partial charge >= 0.3 is 5.97 Å². The van der Waals surface area contributed by atoms with Gasteiger partial charge in [0.05, 0.1) is 6.04 Å². The fraction of sp³-hybridized carbons (Fsp3) is 0.514. The van der Waals surface area contributed by atoms with Crippen LogP contribution >= 0.6 is 0 Å². The van der Waals surface area contributed by atoms with E-state index < -0.39 is 5.97 Å². The molecule has 8 nitrogen and oxygen atoms in total. The number of ketones is 1. The van der Waals surface area contributed by atoms with Gasteiger partial charge in [0.15, 0.2) is 17.3 Å². The molecule has 5 atom stereocenters. The Morgan fingerprint density at radius 1 is 1.19 bits per heavy atom. The lowest BCUT2D eigenvalue weighted by Gasteiger charge is -2.60. The number of piperidine rings is 1. The SMILES string of the molecule is C=CCN1CC[C@]23c4c5c(O)cc(OC(C)=O)c4O[C@H]2[C@H](N(CC)C(=O)CCCCC(=O)c2ccccc2)CC[C@H]3[C@H]1C5. The highest BCUT2D eigenvalue weighted by atomic mass is 16.6. The summed E-state index contributed by atoms with van der Waals surface area (Å²) in [6, 6.07) is 10.9. The molecular formula is C35H42N2O6. The number of hydrogen-bond acceptors (Lipinski definition) is 7. The molecule has 1 saturated heterocycles. The number of amides is 1. The van der Waals surface area contributed by atoms with Crippen LogP contribution in [0.2, 0.25) is 0 Å². The fourth-order valence-corrected chi connectivity index (χ4v) is 8.66. The molecule has 2 aliphatic carbocycles. The molecule has 43 heavy (non-hydrogen) atoms. The van der Waals surface area contributed by atoms with Crippen molar-refractivity contribution in [3.63, 3.8) is 0 Å². The number of likely N-dealkylation sites (N-methyl/N-ethyl adjacent to an activating group) is 1. The third kappa shape index (κ3) is 4.93. The Bertz CT molecular complexity index is 1420. The summed E-state index contributed by atoms with van der Waals surface area (Å²) in [4.78, 5) is 42.8. The van der Waals surface area contributed by atoms with E-state index in [-0.39, 0.29) is 46.8 Å². The minimum absolute atomic E-state index is 0.0776. The van der Waals surface area contributed by atoms with Gasteiger partial charge < -0.3 is 19.5 Å². The molecule has 1 N–H and O–H groups in total. The summed E-state index contributed by atoms with van der Waals surface area (Å²) in [5, 5.41) is 11.2. The largest absolute Gasteiger partial charge is 0.508 e. The number of likely N-dealkylation sites (tertiary alicyclic amines) is 1. The van der Waals surface area contributed by atoms with Gasteiger partial charge in [-0.2, -0.15) is 0 Å². The quantitative estimate of drug-likeness (QED) is 0.127. The zero-order valence-corrected chi connectivity index (χ0v) is 25.2. The van der Waals surface area contributed by atoms with Crippen molar-refractivity contribution in [3.8, 4) is 17.2 Å². The lowest BCUT2D eigenvalue weighted by Crippen LogP contribution is -2.69. The van der Waals surface area contributed by atoms with Crippen LogP contribution in [0.3, 0.4) is 0 Å². The zero-order chi connectivity index (χ0) is 30.3. The Balaban J connectivity index is 1.26. The van der Waals surface area contributed by atoms with Gasteiger partial charge in [-0.3, -0.25) is 19.3 Å². The van der Waals surface area contributed by atoms with Gasteiger partial charge in [0.1, 0.15) is 11.9 Å². The number of esters is 1. The van der Waals surface area contributed by atoms with E-state index in [0.29, 0.717) is 55.9 Å². The summed E-state index contributed by atoms with van der Waals surface area (Å²) in [7, 11) is 0. The predicted molar refractivity (Wildman–Crippen MR) is 163 cm³/mol. The first-order chi connectivity index (χ1) is 20.8. The van der Waals surface area contributed by atoms with Crippen molar-refractivity contribution in [1.82, 2.24) is 9.80 Å². The molecule has 4 aliphatic rings. The molecule has 2 heterocycles. The molecule has 2 bridgehead atoms. The van der Waals surface area contributed by atoms with E-state index in [1.807, 2.05) is 48.2 Å². The average molecular weight is 587 g/mol. The number of benzene rings is 2. The van der Waals surface area contributed by atoms with Gasteiger partial charge in [0.25, 0.3) is 0 Å². The van der Waals surface area contributed by atoms with Gasteiger partial charge in [-0.25, -0.2) is 0 Å². The third-order valence-corrected chi connectivity index (χ3v) is 10.3. The molecule has 2 fully saturated rings. The number of ether oxygens (including phenoxy) is 2. The average Bonchev–Trinajstić information content (AvgIpc) is 3.34. The number of carbonyl (C=O) groups is 3. The summed E-state index contributed by atoms with van der Waals surface area (Å²) in [5.41, 5.74) is 2.20. The van der Waals surface area contributed by atoms with Gasteiger partial charge in [-0.05, 0) is 57.9 Å². The van der Waals surface area contributed by atoms with E-state index in [9.17, 15) is 19.5 Å². The highest BCUT2D eigenvalue weighted by Gasteiger charge is 2.67. The smallest absolute Gasteiger partial charge is 0.308 e. The van der Waals surface area contributed by atoms with E-state index in [4.69, 9.17) is 9.47 Å². The molecule has 0 aromatic heterocycles.